The Morgan fingerprint density at radius 1 is 1.29 bits per heavy atom. The second-order valence-electron chi connectivity index (χ2n) is 7.55. The third kappa shape index (κ3) is 3.35. The van der Waals surface area contributed by atoms with Gasteiger partial charge in [0.05, 0.1) is 6.04 Å². The van der Waals surface area contributed by atoms with Crippen LogP contribution in [0.15, 0.2) is 16.5 Å². The van der Waals surface area contributed by atoms with Crippen molar-refractivity contribution in [3.05, 3.63) is 23.7 Å². The van der Waals surface area contributed by atoms with Crippen LogP contribution >= 0.6 is 0 Å². The highest BCUT2D eigenvalue weighted by atomic mass is 16.3. The van der Waals surface area contributed by atoms with Gasteiger partial charge in [-0.1, -0.05) is 27.2 Å². The molecule has 0 radical (unpaired) electrons. The molecule has 0 bridgehead atoms. The summed E-state index contributed by atoms with van der Waals surface area (Å²) >= 11 is 0. The summed E-state index contributed by atoms with van der Waals surface area (Å²) in [6, 6.07) is 4.83. The SMILES string of the molecule is CC(C)CN1CCCCC(N)C1c1ccc(C2CC2C)o1. The normalized spacial score (nSPS) is 34.1. The monoisotopic (exact) mass is 290 g/mol. The van der Waals surface area contributed by atoms with E-state index in [-0.39, 0.29) is 12.1 Å². The highest BCUT2D eigenvalue weighted by Gasteiger charge is 2.38. The highest BCUT2D eigenvalue weighted by Crippen LogP contribution is 2.48. The van der Waals surface area contributed by atoms with E-state index in [1.165, 1.54) is 25.0 Å². The van der Waals surface area contributed by atoms with Crippen LogP contribution in [0.2, 0.25) is 0 Å². The second kappa shape index (κ2) is 6.13. The second-order valence-corrected chi connectivity index (χ2v) is 7.55. The van der Waals surface area contributed by atoms with Crippen molar-refractivity contribution in [1.29, 1.82) is 0 Å². The first-order valence-corrected chi connectivity index (χ1v) is 8.65. The van der Waals surface area contributed by atoms with Gasteiger partial charge in [0.15, 0.2) is 0 Å². The summed E-state index contributed by atoms with van der Waals surface area (Å²) in [4.78, 5) is 2.56. The van der Waals surface area contributed by atoms with Crippen LogP contribution in [0.4, 0.5) is 0 Å². The van der Waals surface area contributed by atoms with E-state index in [9.17, 15) is 0 Å². The number of rotatable bonds is 4. The first kappa shape index (κ1) is 15.1. The van der Waals surface area contributed by atoms with Crippen LogP contribution in [-0.4, -0.2) is 24.0 Å². The molecule has 0 spiro atoms. The van der Waals surface area contributed by atoms with Gasteiger partial charge in [-0.05, 0) is 49.8 Å². The molecule has 2 aliphatic rings. The van der Waals surface area contributed by atoms with Crippen molar-refractivity contribution in [3.8, 4) is 0 Å². The van der Waals surface area contributed by atoms with Gasteiger partial charge in [-0.15, -0.1) is 0 Å². The standard InChI is InChI=1S/C18H30N2O/c1-12(2)11-20-9-5-4-6-15(19)18(20)17-8-7-16(21-17)14-10-13(14)3/h7-8,12-15,18H,4-6,9-11,19H2,1-3H3. The maximum Gasteiger partial charge on any atom is 0.122 e. The molecule has 0 amide bonds. The molecule has 3 nitrogen and oxygen atoms in total. The van der Waals surface area contributed by atoms with E-state index in [0.29, 0.717) is 11.8 Å². The molecular formula is C18H30N2O. The Labute approximate surface area is 128 Å². The van der Waals surface area contributed by atoms with E-state index < -0.39 is 0 Å². The number of nitrogens with zero attached hydrogens (tertiary/aromatic N) is 1. The molecule has 3 heteroatoms. The summed E-state index contributed by atoms with van der Waals surface area (Å²) < 4.78 is 6.23. The Morgan fingerprint density at radius 3 is 2.67 bits per heavy atom. The van der Waals surface area contributed by atoms with Crippen LogP contribution in [0.5, 0.6) is 0 Å². The van der Waals surface area contributed by atoms with Crippen molar-refractivity contribution < 1.29 is 4.42 Å². The number of nitrogens with two attached hydrogens (primary N) is 1. The zero-order chi connectivity index (χ0) is 15.0. The molecule has 1 aliphatic heterocycles. The Hall–Kier alpha value is -0.800. The summed E-state index contributed by atoms with van der Waals surface area (Å²) in [5.74, 6) is 4.38. The zero-order valence-electron chi connectivity index (χ0n) is 13.7. The molecule has 2 heterocycles. The molecule has 21 heavy (non-hydrogen) atoms. The highest BCUT2D eigenvalue weighted by molar-refractivity contribution is 5.20. The lowest BCUT2D eigenvalue weighted by molar-refractivity contribution is 0.144. The van der Waals surface area contributed by atoms with Gasteiger partial charge in [-0.3, -0.25) is 4.90 Å². The molecule has 2 fully saturated rings. The number of hydrogen-bond acceptors (Lipinski definition) is 3. The topological polar surface area (TPSA) is 42.4 Å². The quantitative estimate of drug-likeness (QED) is 0.914. The molecule has 0 aromatic carbocycles. The van der Waals surface area contributed by atoms with Gasteiger partial charge in [0.25, 0.3) is 0 Å². The van der Waals surface area contributed by atoms with Crippen LogP contribution in [0.3, 0.4) is 0 Å². The average Bonchev–Trinajstić information content (AvgIpc) is 3.01. The number of hydrogen-bond donors (Lipinski definition) is 1. The fourth-order valence-corrected chi connectivity index (χ4v) is 3.77. The molecule has 1 aromatic rings. The Balaban J connectivity index is 1.81. The predicted octanol–water partition coefficient (Wildman–Crippen LogP) is 3.91. The molecule has 4 atom stereocenters. The van der Waals surface area contributed by atoms with Crippen LogP contribution in [0, 0.1) is 11.8 Å². The van der Waals surface area contributed by atoms with Gasteiger partial charge in [0, 0.05) is 18.5 Å². The summed E-state index contributed by atoms with van der Waals surface area (Å²) in [6.45, 7) is 9.12. The molecule has 1 aliphatic carbocycles. The average molecular weight is 290 g/mol. The molecule has 1 saturated carbocycles. The van der Waals surface area contributed by atoms with Crippen LogP contribution in [0.25, 0.3) is 0 Å². The Morgan fingerprint density at radius 2 is 2.00 bits per heavy atom. The lowest BCUT2D eigenvalue weighted by Gasteiger charge is -2.33. The van der Waals surface area contributed by atoms with E-state index in [4.69, 9.17) is 10.2 Å². The van der Waals surface area contributed by atoms with Crippen LogP contribution in [-0.2, 0) is 0 Å². The van der Waals surface area contributed by atoms with Crippen molar-refractivity contribution >= 4 is 0 Å². The molecule has 3 rings (SSSR count). The van der Waals surface area contributed by atoms with Crippen LogP contribution < -0.4 is 5.73 Å². The van der Waals surface area contributed by atoms with Crippen LogP contribution in [0.1, 0.15) is 69.9 Å². The fraction of sp³-hybridized carbons (Fsp3) is 0.778. The van der Waals surface area contributed by atoms with Gasteiger partial charge >= 0.3 is 0 Å². The van der Waals surface area contributed by atoms with Crippen molar-refractivity contribution in [1.82, 2.24) is 4.90 Å². The summed E-state index contributed by atoms with van der Waals surface area (Å²) in [6.07, 6.45) is 4.87. The molecule has 1 aromatic heterocycles. The third-order valence-electron chi connectivity index (χ3n) is 5.05. The van der Waals surface area contributed by atoms with E-state index in [1.807, 2.05) is 0 Å². The van der Waals surface area contributed by atoms with E-state index in [1.54, 1.807) is 0 Å². The number of likely N-dealkylation sites (tertiary alicyclic amines) is 1. The lowest BCUT2D eigenvalue weighted by atomic mass is 10.0. The maximum atomic E-state index is 6.50. The molecule has 4 unspecified atom stereocenters. The molecule has 118 valence electrons. The smallest absolute Gasteiger partial charge is 0.122 e. The Bertz CT molecular complexity index is 468. The minimum Gasteiger partial charge on any atom is -0.464 e. The van der Waals surface area contributed by atoms with E-state index in [0.717, 1.165) is 31.2 Å². The number of furan rings is 1. The van der Waals surface area contributed by atoms with E-state index >= 15 is 0 Å². The lowest BCUT2D eigenvalue weighted by Crippen LogP contribution is -2.41. The predicted molar refractivity (Wildman–Crippen MR) is 86.2 cm³/mol. The summed E-state index contributed by atoms with van der Waals surface area (Å²) in [5.41, 5.74) is 6.50. The molecule has 2 N–H and O–H groups in total. The third-order valence-corrected chi connectivity index (χ3v) is 5.05. The van der Waals surface area contributed by atoms with Crippen molar-refractivity contribution in [2.45, 2.75) is 64.5 Å². The van der Waals surface area contributed by atoms with Gasteiger partial charge in [-0.2, -0.15) is 0 Å². The van der Waals surface area contributed by atoms with E-state index in [2.05, 4.69) is 37.8 Å². The molecule has 1 saturated heterocycles. The minimum absolute atomic E-state index is 0.196. The zero-order valence-corrected chi connectivity index (χ0v) is 13.7. The minimum atomic E-state index is 0.196. The van der Waals surface area contributed by atoms with Crippen molar-refractivity contribution in [3.63, 3.8) is 0 Å². The first-order chi connectivity index (χ1) is 10.1. The maximum absolute atomic E-state index is 6.50. The molecular weight excluding hydrogens is 260 g/mol. The van der Waals surface area contributed by atoms with Gasteiger partial charge in [0.1, 0.15) is 11.5 Å². The fourth-order valence-electron chi connectivity index (χ4n) is 3.77. The Kier molecular flexibility index (Phi) is 4.41. The van der Waals surface area contributed by atoms with Gasteiger partial charge < -0.3 is 10.2 Å². The summed E-state index contributed by atoms with van der Waals surface area (Å²) in [5, 5.41) is 0. The van der Waals surface area contributed by atoms with Gasteiger partial charge in [-0.25, -0.2) is 0 Å². The summed E-state index contributed by atoms with van der Waals surface area (Å²) in [7, 11) is 0. The van der Waals surface area contributed by atoms with Gasteiger partial charge in [0.2, 0.25) is 0 Å². The largest absolute Gasteiger partial charge is 0.464 e. The van der Waals surface area contributed by atoms with Crippen molar-refractivity contribution in [2.75, 3.05) is 13.1 Å². The first-order valence-electron chi connectivity index (χ1n) is 8.65. The van der Waals surface area contributed by atoms with Crippen molar-refractivity contribution in [2.24, 2.45) is 17.6 Å².